The Kier molecular flexibility index (Phi) is 5.74. The van der Waals surface area contributed by atoms with E-state index in [1.807, 2.05) is 24.3 Å². The molecule has 2 aliphatic rings. The fraction of sp³-hybridized carbons (Fsp3) is 0.455. The Morgan fingerprint density at radius 3 is 2.72 bits per heavy atom. The third kappa shape index (κ3) is 5.31. The lowest BCUT2D eigenvalue weighted by molar-refractivity contribution is -0.136. The van der Waals surface area contributed by atoms with Crippen LogP contribution in [0.3, 0.4) is 0 Å². The third-order valence-electron chi connectivity index (χ3n) is 5.38. The van der Waals surface area contributed by atoms with Crippen LogP contribution in [0.5, 0.6) is 0 Å². The fourth-order valence-electron chi connectivity index (χ4n) is 3.75. The summed E-state index contributed by atoms with van der Waals surface area (Å²) in [6, 6.07) is 7.75. The molecule has 7 heteroatoms. The van der Waals surface area contributed by atoms with E-state index in [1.54, 1.807) is 6.20 Å². The molecule has 2 aromatic rings. The molecule has 2 heterocycles. The third-order valence-corrected chi connectivity index (χ3v) is 5.38. The van der Waals surface area contributed by atoms with E-state index in [4.69, 9.17) is 4.98 Å². The van der Waals surface area contributed by atoms with Crippen LogP contribution in [-0.2, 0) is 22.4 Å². The van der Waals surface area contributed by atoms with E-state index in [0.717, 1.165) is 55.8 Å². The van der Waals surface area contributed by atoms with Crippen LogP contribution < -0.4 is 10.2 Å². The summed E-state index contributed by atoms with van der Waals surface area (Å²) in [6.45, 7) is 1.79. The van der Waals surface area contributed by atoms with Crippen molar-refractivity contribution in [3.63, 3.8) is 0 Å². The second-order valence-electron chi connectivity index (χ2n) is 7.97. The summed E-state index contributed by atoms with van der Waals surface area (Å²) in [5.74, 6) is 1.14. The van der Waals surface area contributed by atoms with Gasteiger partial charge in [-0.15, -0.1) is 0 Å². The van der Waals surface area contributed by atoms with Gasteiger partial charge in [0.15, 0.2) is 0 Å². The molecule has 2 N–H and O–H groups in total. The lowest BCUT2D eigenvalue weighted by atomic mass is 10.1. The summed E-state index contributed by atoms with van der Waals surface area (Å²) in [6.07, 6.45) is 7.19. The molecule has 1 aliphatic carbocycles. The first-order valence-corrected chi connectivity index (χ1v) is 10.3. The maximum atomic E-state index is 12.1. The molecule has 0 unspecified atom stereocenters. The maximum Gasteiger partial charge on any atom is 0.308 e. The lowest BCUT2D eigenvalue weighted by Crippen LogP contribution is -2.22. The van der Waals surface area contributed by atoms with Crippen molar-refractivity contribution in [1.82, 2.24) is 9.97 Å². The van der Waals surface area contributed by atoms with Gasteiger partial charge >= 0.3 is 5.97 Å². The highest BCUT2D eigenvalue weighted by Gasteiger charge is 2.24. The summed E-state index contributed by atoms with van der Waals surface area (Å²) >= 11 is 0. The quantitative estimate of drug-likeness (QED) is 0.715. The molecule has 1 amide bonds. The van der Waals surface area contributed by atoms with E-state index in [9.17, 15) is 14.7 Å². The Balaban J connectivity index is 1.49. The second-order valence-corrected chi connectivity index (χ2v) is 7.97. The van der Waals surface area contributed by atoms with Crippen molar-refractivity contribution in [2.24, 2.45) is 5.92 Å². The minimum Gasteiger partial charge on any atom is -0.481 e. The standard InChI is InChI=1S/C22H26N4O3/c27-20(12-15-6-7-15)24-18-5-3-4-16(10-18)11-19-23-14-17(13-21(28)29)22(25-19)26-8-1-2-9-26/h3-5,10,14-15H,1-2,6-9,11-13H2,(H,24,27)(H,28,29). The Morgan fingerprint density at radius 1 is 1.21 bits per heavy atom. The van der Waals surface area contributed by atoms with Gasteiger partial charge in [0, 0.05) is 43.4 Å². The Bertz CT molecular complexity index is 905. The van der Waals surface area contributed by atoms with Gasteiger partial charge in [0.05, 0.1) is 6.42 Å². The smallest absolute Gasteiger partial charge is 0.308 e. The van der Waals surface area contributed by atoms with Gasteiger partial charge < -0.3 is 15.3 Å². The molecule has 0 bridgehead atoms. The number of hydrogen-bond acceptors (Lipinski definition) is 5. The predicted octanol–water partition coefficient (Wildman–Crippen LogP) is 3.03. The van der Waals surface area contributed by atoms with E-state index in [-0.39, 0.29) is 12.3 Å². The molecule has 1 aromatic carbocycles. The lowest BCUT2D eigenvalue weighted by Gasteiger charge is -2.20. The molecular weight excluding hydrogens is 368 g/mol. The van der Waals surface area contributed by atoms with Crippen molar-refractivity contribution in [2.75, 3.05) is 23.3 Å². The summed E-state index contributed by atoms with van der Waals surface area (Å²) in [4.78, 5) is 34.5. The maximum absolute atomic E-state index is 12.1. The van der Waals surface area contributed by atoms with Crippen molar-refractivity contribution in [3.8, 4) is 0 Å². The van der Waals surface area contributed by atoms with Crippen LogP contribution in [0.25, 0.3) is 0 Å². The van der Waals surface area contributed by atoms with Crippen LogP contribution >= 0.6 is 0 Å². The molecule has 2 fully saturated rings. The van der Waals surface area contributed by atoms with Crippen LogP contribution in [0.15, 0.2) is 30.5 Å². The number of aliphatic carboxylic acids is 1. The highest BCUT2D eigenvalue weighted by Crippen LogP contribution is 2.32. The van der Waals surface area contributed by atoms with E-state index >= 15 is 0 Å². The van der Waals surface area contributed by atoms with Gasteiger partial charge in [-0.05, 0) is 49.3 Å². The van der Waals surface area contributed by atoms with Crippen molar-refractivity contribution in [3.05, 3.63) is 47.4 Å². The number of amides is 1. The van der Waals surface area contributed by atoms with Gasteiger partial charge in [-0.2, -0.15) is 0 Å². The van der Waals surface area contributed by atoms with Gasteiger partial charge in [-0.1, -0.05) is 12.1 Å². The molecule has 1 aliphatic heterocycles. The number of carbonyl (C=O) groups is 2. The van der Waals surface area contributed by atoms with E-state index < -0.39 is 5.97 Å². The molecule has 1 saturated carbocycles. The highest BCUT2D eigenvalue weighted by atomic mass is 16.4. The number of nitrogens with zero attached hydrogens (tertiary/aromatic N) is 3. The normalized spacial score (nSPS) is 16.1. The number of hydrogen-bond donors (Lipinski definition) is 2. The summed E-state index contributed by atoms with van der Waals surface area (Å²) in [5, 5.41) is 12.2. The first-order chi connectivity index (χ1) is 14.1. The summed E-state index contributed by atoms with van der Waals surface area (Å²) < 4.78 is 0. The van der Waals surface area contributed by atoms with E-state index in [1.165, 1.54) is 0 Å². The number of carbonyl (C=O) groups excluding carboxylic acids is 1. The zero-order chi connectivity index (χ0) is 20.2. The number of nitrogens with one attached hydrogen (secondary N) is 1. The monoisotopic (exact) mass is 394 g/mol. The first kappa shape index (κ1) is 19.4. The van der Waals surface area contributed by atoms with Crippen LogP contribution in [0.4, 0.5) is 11.5 Å². The van der Waals surface area contributed by atoms with Gasteiger partial charge in [-0.25, -0.2) is 9.97 Å². The topological polar surface area (TPSA) is 95.4 Å². The van der Waals surface area contributed by atoms with Crippen molar-refractivity contribution in [2.45, 2.75) is 44.9 Å². The Morgan fingerprint density at radius 2 is 2.00 bits per heavy atom. The average molecular weight is 394 g/mol. The SMILES string of the molecule is O=C(O)Cc1cnc(Cc2cccc(NC(=O)CC3CC3)c2)nc1N1CCCC1. The fourth-order valence-corrected chi connectivity index (χ4v) is 3.75. The van der Waals surface area contributed by atoms with Gasteiger partial charge in [0.1, 0.15) is 11.6 Å². The molecule has 7 nitrogen and oxygen atoms in total. The van der Waals surface area contributed by atoms with Crippen molar-refractivity contribution >= 4 is 23.4 Å². The Hall–Kier alpha value is -2.96. The average Bonchev–Trinajstić information content (AvgIpc) is 3.31. The predicted molar refractivity (Wildman–Crippen MR) is 110 cm³/mol. The van der Waals surface area contributed by atoms with Crippen LogP contribution in [0.2, 0.25) is 0 Å². The highest BCUT2D eigenvalue weighted by molar-refractivity contribution is 5.91. The summed E-state index contributed by atoms with van der Waals surface area (Å²) in [5.41, 5.74) is 2.45. The van der Waals surface area contributed by atoms with Crippen molar-refractivity contribution in [1.29, 1.82) is 0 Å². The van der Waals surface area contributed by atoms with Crippen LogP contribution in [0.1, 0.15) is 49.1 Å². The molecule has 4 rings (SSSR count). The Labute approximate surface area is 170 Å². The van der Waals surface area contributed by atoms with Crippen LogP contribution in [-0.4, -0.2) is 40.0 Å². The molecule has 1 saturated heterocycles. The molecular formula is C22H26N4O3. The number of carboxylic acids is 1. The van der Waals surface area contributed by atoms with E-state index in [0.29, 0.717) is 30.1 Å². The molecule has 0 atom stereocenters. The van der Waals surface area contributed by atoms with Gasteiger partial charge in [0.2, 0.25) is 5.91 Å². The second kappa shape index (κ2) is 8.59. The largest absolute Gasteiger partial charge is 0.481 e. The number of benzene rings is 1. The van der Waals surface area contributed by atoms with Crippen molar-refractivity contribution < 1.29 is 14.7 Å². The number of aromatic nitrogens is 2. The molecule has 152 valence electrons. The first-order valence-electron chi connectivity index (χ1n) is 10.3. The molecule has 1 aromatic heterocycles. The van der Waals surface area contributed by atoms with Gasteiger partial charge in [-0.3, -0.25) is 9.59 Å². The van der Waals surface area contributed by atoms with Crippen LogP contribution in [0, 0.1) is 5.92 Å². The minimum absolute atomic E-state index is 0.0650. The summed E-state index contributed by atoms with van der Waals surface area (Å²) in [7, 11) is 0. The number of anilines is 2. The number of carboxylic acid groups (broad SMARTS) is 1. The zero-order valence-electron chi connectivity index (χ0n) is 16.4. The molecule has 29 heavy (non-hydrogen) atoms. The minimum atomic E-state index is -0.878. The number of rotatable bonds is 8. The molecule has 0 radical (unpaired) electrons. The zero-order valence-corrected chi connectivity index (χ0v) is 16.4. The van der Waals surface area contributed by atoms with Gasteiger partial charge in [0.25, 0.3) is 0 Å². The van der Waals surface area contributed by atoms with E-state index in [2.05, 4.69) is 15.2 Å². The molecule has 0 spiro atoms.